The van der Waals surface area contributed by atoms with Crippen LogP contribution < -0.4 is 4.74 Å². The third kappa shape index (κ3) is 4.98. The van der Waals surface area contributed by atoms with Gasteiger partial charge in [-0.15, -0.1) is 6.42 Å². The van der Waals surface area contributed by atoms with Gasteiger partial charge in [-0.1, -0.05) is 51.4 Å². The molecule has 2 nitrogen and oxygen atoms in total. The molecular formula is C20H28O2. The average Bonchev–Trinajstić information content (AvgIpc) is 2.61. The molecule has 1 aliphatic rings. The van der Waals surface area contributed by atoms with Gasteiger partial charge in [-0.2, -0.15) is 0 Å². The van der Waals surface area contributed by atoms with Crippen LogP contribution in [-0.2, 0) is 0 Å². The topological polar surface area (TPSA) is 29.5 Å². The minimum atomic E-state index is 0.396. The van der Waals surface area contributed by atoms with Gasteiger partial charge in [0.25, 0.3) is 1.43 Å². The number of rotatable bonds is 8. The number of hydrogen-bond acceptors (Lipinski definition) is 2. The molecule has 1 aromatic rings. The molecule has 2 heteroatoms. The summed E-state index contributed by atoms with van der Waals surface area (Å²) in [4.78, 5) is 0. The van der Waals surface area contributed by atoms with Crippen molar-refractivity contribution in [3.8, 4) is 23.8 Å². The van der Waals surface area contributed by atoms with Gasteiger partial charge in [0, 0.05) is 0 Å². The number of phenols is 1. The second kappa shape index (κ2) is 8.73. The first kappa shape index (κ1) is 15.3. The van der Waals surface area contributed by atoms with E-state index in [0.717, 1.165) is 18.3 Å². The first-order valence-electron chi connectivity index (χ1n) is 9.04. The average molecular weight is 302 g/mol. The van der Waals surface area contributed by atoms with Crippen molar-refractivity contribution in [2.75, 3.05) is 6.61 Å². The standard InChI is InChI=1S/C20H28O2/c1-3-5-6-7-16-8-10-17(11-9-16)15-22-19-12-13-20(21)18(4-2)14-19/h2,12-14,16-17,21H,3,5-11,15H2,1H3/i/hT. The zero-order valence-corrected chi connectivity index (χ0v) is 13.6. The molecule has 2 rings (SSSR count). The Bertz CT molecular complexity index is 513. The lowest BCUT2D eigenvalue weighted by Crippen LogP contribution is -2.20. The van der Waals surface area contributed by atoms with E-state index >= 15 is 0 Å². The molecule has 0 spiro atoms. The first-order chi connectivity index (χ1) is 11.3. The molecule has 1 aromatic carbocycles. The van der Waals surface area contributed by atoms with E-state index in [-0.39, 0.29) is 0 Å². The Morgan fingerprint density at radius 1 is 1.27 bits per heavy atom. The van der Waals surface area contributed by atoms with Gasteiger partial charge in [0.1, 0.15) is 11.5 Å². The van der Waals surface area contributed by atoms with Crippen molar-refractivity contribution in [3.63, 3.8) is 0 Å². The number of unbranched alkanes of at least 4 members (excludes halogenated alkanes) is 2. The van der Waals surface area contributed by atoms with Gasteiger partial charge in [-0.3, -0.25) is 0 Å². The van der Waals surface area contributed by atoms with E-state index in [9.17, 15) is 0 Å². The van der Waals surface area contributed by atoms with Crippen LogP contribution in [0, 0.1) is 24.2 Å². The van der Waals surface area contributed by atoms with E-state index in [4.69, 9.17) is 12.6 Å². The van der Waals surface area contributed by atoms with E-state index in [0.29, 0.717) is 17.2 Å². The van der Waals surface area contributed by atoms with Crippen LogP contribution in [0.5, 0.6) is 11.5 Å². The highest BCUT2D eigenvalue weighted by Gasteiger charge is 2.21. The molecule has 0 aromatic heterocycles. The number of benzene rings is 1. The van der Waals surface area contributed by atoms with Crippen LogP contribution in [0.4, 0.5) is 0 Å². The van der Waals surface area contributed by atoms with Gasteiger partial charge in [-0.25, -0.2) is 0 Å². The van der Waals surface area contributed by atoms with E-state index < -0.39 is 0 Å². The Balaban J connectivity index is 1.74. The van der Waals surface area contributed by atoms with Crippen LogP contribution in [0.3, 0.4) is 0 Å². The largest absolute Gasteiger partial charge is 0.507 e. The van der Waals surface area contributed by atoms with Gasteiger partial charge in [0.05, 0.1) is 12.2 Å². The first-order valence-corrected chi connectivity index (χ1v) is 8.63. The number of phenolic OH excluding ortho intramolecular Hbond substituents is 1. The maximum absolute atomic E-state index is 6.96. The van der Waals surface area contributed by atoms with Gasteiger partial charge in [0.2, 0.25) is 0 Å². The number of hydrogen-bond donors (Lipinski definition) is 1. The number of terminal acetylenes is 1. The van der Waals surface area contributed by atoms with E-state index in [1.165, 1.54) is 51.4 Å². The van der Waals surface area contributed by atoms with E-state index in [2.05, 4.69) is 18.0 Å². The normalized spacial score (nSPS) is 21.7. The lowest BCUT2D eigenvalue weighted by atomic mass is 9.80. The Labute approximate surface area is 136 Å². The Kier molecular flexibility index (Phi) is 6.07. The van der Waals surface area contributed by atoms with Crippen LogP contribution in [0.15, 0.2) is 18.2 Å². The molecule has 1 saturated carbocycles. The molecule has 0 radical (unpaired) electrons. The van der Waals surface area contributed by atoms with Crippen LogP contribution in [0.25, 0.3) is 0 Å². The van der Waals surface area contributed by atoms with Gasteiger partial charge >= 0.3 is 0 Å². The van der Waals surface area contributed by atoms with Crippen LogP contribution in [-0.4, -0.2) is 13.1 Å². The molecule has 1 aliphatic carbocycles. The van der Waals surface area contributed by atoms with Crippen molar-refractivity contribution in [3.05, 3.63) is 23.8 Å². The molecule has 0 atom stereocenters. The Hall–Kier alpha value is -1.62. The highest BCUT2D eigenvalue weighted by atomic mass is 16.5. The maximum Gasteiger partial charge on any atom is 0.293 e. The van der Waals surface area contributed by atoms with Crippen LogP contribution >= 0.6 is 0 Å². The molecule has 22 heavy (non-hydrogen) atoms. The maximum atomic E-state index is 6.96. The fourth-order valence-corrected chi connectivity index (χ4v) is 3.30. The molecule has 120 valence electrons. The second-order valence-corrected chi connectivity index (χ2v) is 6.50. The fraction of sp³-hybridized carbons (Fsp3) is 0.600. The SMILES string of the molecule is [3H]Oc1ccc(OCC2CCC(CCCCC)CC2)cc1C#C. The highest BCUT2D eigenvalue weighted by molar-refractivity contribution is 5.48. The quantitative estimate of drug-likeness (QED) is 0.532. The predicted molar refractivity (Wildman–Crippen MR) is 91.1 cm³/mol. The van der Waals surface area contributed by atoms with Gasteiger partial charge in [0.15, 0.2) is 0 Å². The summed E-state index contributed by atoms with van der Waals surface area (Å²) in [5.74, 6) is 5.27. The highest BCUT2D eigenvalue weighted by Crippen LogP contribution is 2.32. The van der Waals surface area contributed by atoms with Crippen molar-refractivity contribution >= 4 is 0 Å². The summed E-state index contributed by atoms with van der Waals surface area (Å²) in [5, 5.41) is 4.49. The minimum Gasteiger partial charge on any atom is -0.507 e. The molecule has 1 N–H and O–H groups in total. The molecule has 0 aliphatic heterocycles. The second-order valence-electron chi connectivity index (χ2n) is 6.50. The molecule has 0 heterocycles. The summed E-state index contributed by atoms with van der Waals surface area (Å²) in [6, 6.07) is 5.30. The molecular weight excluding hydrogens is 272 g/mol. The number of ether oxygens (including phenoxy) is 1. The van der Waals surface area contributed by atoms with E-state index in [1.807, 2.05) is 6.07 Å². The van der Waals surface area contributed by atoms with Crippen molar-refractivity contribution < 1.29 is 9.85 Å². The van der Waals surface area contributed by atoms with Crippen molar-refractivity contribution in [2.24, 2.45) is 11.8 Å². The third-order valence-electron chi connectivity index (χ3n) is 4.77. The summed E-state index contributed by atoms with van der Waals surface area (Å²) < 4.78 is 12.9. The number of aromatic hydroxyl groups is 1. The monoisotopic (exact) mass is 302 g/mol. The van der Waals surface area contributed by atoms with Crippen LogP contribution in [0.1, 0.15) is 63.9 Å². The molecule has 0 unspecified atom stereocenters. The van der Waals surface area contributed by atoms with Gasteiger partial charge in [-0.05, 0) is 42.9 Å². The molecule has 0 bridgehead atoms. The van der Waals surface area contributed by atoms with Crippen molar-refractivity contribution in [1.29, 1.82) is 1.43 Å². The summed E-state index contributed by atoms with van der Waals surface area (Å²) in [5.41, 5.74) is 0.567. The lowest BCUT2D eigenvalue weighted by Gasteiger charge is -2.28. The lowest BCUT2D eigenvalue weighted by molar-refractivity contribution is 0.177. The van der Waals surface area contributed by atoms with E-state index in [1.54, 1.807) is 12.1 Å². The summed E-state index contributed by atoms with van der Waals surface area (Å²) in [7, 11) is 0. The molecule has 1 fully saturated rings. The zero-order chi connectivity index (χ0) is 16.5. The van der Waals surface area contributed by atoms with Crippen molar-refractivity contribution in [1.82, 2.24) is 0 Å². The molecule has 0 saturated heterocycles. The smallest absolute Gasteiger partial charge is 0.293 e. The minimum absolute atomic E-state index is 0.396. The summed E-state index contributed by atoms with van der Waals surface area (Å²) >= 11 is 0. The van der Waals surface area contributed by atoms with Gasteiger partial charge < -0.3 is 9.85 Å². The molecule has 0 amide bonds. The summed E-state index contributed by atoms with van der Waals surface area (Å²) in [6.45, 7) is 3.02. The van der Waals surface area contributed by atoms with Crippen molar-refractivity contribution in [2.45, 2.75) is 58.3 Å². The Morgan fingerprint density at radius 2 is 2.05 bits per heavy atom. The zero-order valence-electron chi connectivity index (χ0n) is 14.6. The predicted octanol–water partition coefficient (Wildman–Crippen LogP) is 5.14. The third-order valence-corrected chi connectivity index (χ3v) is 4.77. The fourth-order valence-electron chi connectivity index (χ4n) is 3.30. The summed E-state index contributed by atoms with van der Waals surface area (Å²) in [6.07, 6.45) is 16.1. The Morgan fingerprint density at radius 3 is 2.73 bits per heavy atom. The van der Waals surface area contributed by atoms with Crippen LogP contribution in [0.2, 0.25) is 0 Å².